The molecule has 1 amide bonds. The van der Waals surface area contributed by atoms with Gasteiger partial charge in [-0.2, -0.15) is 0 Å². The Morgan fingerprint density at radius 3 is 2.56 bits per heavy atom. The largest absolute Gasteiger partial charge is 0.389 e. The van der Waals surface area contributed by atoms with Gasteiger partial charge in [0, 0.05) is 13.1 Å². The molecule has 0 saturated carbocycles. The summed E-state index contributed by atoms with van der Waals surface area (Å²) in [6.07, 6.45) is 0. The van der Waals surface area contributed by atoms with Gasteiger partial charge in [0.1, 0.15) is 0 Å². The molecule has 0 spiro atoms. The molecule has 1 aromatic rings. The molecule has 0 bridgehead atoms. The number of hydrogen-bond acceptors (Lipinski definition) is 2. The first-order valence-electron chi connectivity index (χ1n) is 6.03. The van der Waals surface area contributed by atoms with Crippen LogP contribution in [0.1, 0.15) is 36.7 Å². The normalized spacial score (nSPS) is 11.4. The van der Waals surface area contributed by atoms with E-state index >= 15 is 0 Å². The van der Waals surface area contributed by atoms with Gasteiger partial charge < -0.3 is 10.0 Å². The molecule has 1 aromatic carbocycles. The summed E-state index contributed by atoms with van der Waals surface area (Å²) < 4.78 is 0. The van der Waals surface area contributed by atoms with Gasteiger partial charge in [0.15, 0.2) is 0 Å². The number of benzene rings is 1. The van der Waals surface area contributed by atoms with E-state index in [4.69, 9.17) is 11.6 Å². The number of nitrogens with zero attached hydrogens (tertiary/aromatic N) is 1. The van der Waals surface area contributed by atoms with Crippen LogP contribution in [0.15, 0.2) is 18.2 Å². The maximum atomic E-state index is 12.4. The van der Waals surface area contributed by atoms with Gasteiger partial charge in [-0.25, -0.2) is 0 Å². The third kappa shape index (κ3) is 3.72. The Bertz CT molecular complexity index is 438. The summed E-state index contributed by atoms with van der Waals surface area (Å²) in [5.41, 5.74) is 0.451. The third-order valence-corrected chi connectivity index (χ3v) is 3.17. The van der Waals surface area contributed by atoms with E-state index in [2.05, 4.69) is 0 Å². The molecule has 1 N–H and O–H groups in total. The second-order valence-corrected chi connectivity index (χ2v) is 5.45. The van der Waals surface area contributed by atoms with E-state index in [1.807, 2.05) is 26.0 Å². The Kier molecular flexibility index (Phi) is 4.77. The van der Waals surface area contributed by atoms with Crippen LogP contribution in [0.3, 0.4) is 0 Å². The second-order valence-electron chi connectivity index (χ2n) is 5.07. The van der Waals surface area contributed by atoms with Crippen LogP contribution in [0, 0.1) is 6.92 Å². The molecule has 0 fully saturated rings. The summed E-state index contributed by atoms with van der Waals surface area (Å²) in [5.74, 6) is -0.145. The average molecular weight is 270 g/mol. The minimum Gasteiger partial charge on any atom is -0.389 e. The highest BCUT2D eigenvalue weighted by molar-refractivity contribution is 6.34. The molecule has 0 unspecified atom stereocenters. The summed E-state index contributed by atoms with van der Waals surface area (Å²) in [6.45, 7) is 7.93. The van der Waals surface area contributed by atoms with Crippen LogP contribution in [0.4, 0.5) is 0 Å². The summed E-state index contributed by atoms with van der Waals surface area (Å²) in [6, 6.07) is 5.39. The number of aryl methyl sites for hydroxylation is 1. The molecule has 0 aliphatic rings. The lowest BCUT2D eigenvalue weighted by molar-refractivity contribution is 0.0315. The Hall–Kier alpha value is -1.06. The third-order valence-electron chi connectivity index (χ3n) is 2.67. The number of halogens is 1. The minimum absolute atomic E-state index is 0.145. The van der Waals surface area contributed by atoms with Crippen molar-refractivity contribution in [1.82, 2.24) is 4.90 Å². The molecule has 0 aromatic heterocycles. The Balaban J connectivity index is 3.01. The van der Waals surface area contributed by atoms with Gasteiger partial charge >= 0.3 is 0 Å². The van der Waals surface area contributed by atoms with E-state index in [9.17, 15) is 9.90 Å². The quantitative estimate of drug-likeness (QED) is 0.913. The number of amides is 1. The smallest absolute Gasteiger partial charge is 0.255 e. The van der Waals surface area contributed by atoms with Crippen LogP contribution in [0.2, 0.25) is 5.02 Å². The molecule has 1 rings (SSSR count). The Morgan fingerprint density at radius 1 is 1.44 bits per heavy atom. The van der Waals surface area contributed by atoms with Crippen molar-refractivity contribution in [3.63, 3.8) is 0 Å². The van der Waals surface area contributed by atoms with Crippen molar-refractivity contribution in [1.29, 1.82) is 0 Å². The van der Waals surface area contributed by atoms with Crippen molar-refractivity contribution in [2.24, 2.45) is 0 Å². The standard InChI is InChI=1S/C14H20ClNO2/c1-5-16(9-14(3,4)18)13(17)11-8-6-7-10(2)12(11)15/h6-8,18H,5,9H2,1-4H3. The fourth-order valence-corrected chi connectivity index (χ4v) is 1.98. The van der Waals surface area contributed by atoms with Crippen molar-refractivity contribution >= 4 is 17.5 Å². The molecular weight excluding hydrogens is 250 g/mol. The van der Waals surface area contributed by atoms with Gasteiger partial charge in [-0.15, -0.1) is 0 Å². The van der Waals surface area contributed by atoms with Crippen LogP contribution in [-0.2, 0) is 0 Å². The predicted octanol–water partition coefficient (Wildman–Crippen LogP) is 2.88. The lowest BCUT2D eigenvalue weighted by Gasteiger charge is -2.28. The van der Waals surface area contributed by atoms with E-state index in [0.717, 1.165) is 5.56 Å². The lowest BCUT2D eigenvalue weighted by atomic mass is 10.1. The van der Waals surface area contributed by atoms with E-state index < -0.39 is 5.60 Å². The molecular formula is C14H20ClNO2. The average Bonchev–Trinajstić information content (AvgIpc) is 2.27. The van der Waals surface area contributed by atoms with Crippen molar-refractivity contribution in [2.75, 3.05) is 13.1 Å². The molecule has 100 valence electrons. The summed E-state index contributed by atoms with van der Waals surface area (Å²) in [5, 5.41) is 10.3. The maximum Gasteiger partial charge on any atom is 0.255 e. The highest BCUT2D eigenvalue weighted by atomic mass is 35.5. The molecule has 18 heavy (non-hydrogen) atoms. The molecule has 3 nitrogen and oxygen atoms in total. The van der Waals surface area contributed by atoms with Crippen molar-refractivity contribution < 1.29 is 9.90 Å². The number of carbonyl (C=O) groups is 1. The molecule has 0 heterocycles. The zero-order valence-corrected chi connectivity index (χ0v) is 12.1. The second kappa shape index (κ2) is 5.72. The van der Waals surface area contributed by atoms with Crippen molar-refractivity contribution in [3.05, 3.63) is 34.3 Å². The molecule has 0 radical (unpaired) electrons. The number of rotatable bonds is 4. The number of hydrogen-bond donors (Lipinski definition) is 1. The number of carbonyl (C=O) groups excluding carboxylic acids is 1. The van der Waals surface area contributed by atoms with Crippen LogP contribution < -0.4 is 0 Å². The van der Waals surface area contributed by atoms with E-state index in [1.54, 1.807) is 24.8 Å². The van der Waals surface area contributed by atoms with Crippen molar-refractivity contribution in [3.8, 4) is 0 Å². The SMILES string of the molecule is CCN(CC(C)(C)O)C(=O)c1cccc(C)c1Cl. The molecule has 0 aliphatic heterocycles. The summed E-state index contributed by atoms with van der Waals surface area (Å²) in [4.78, 5) is 14.0. The summed E-state index contributed by atoms with van der Waals surface area (Å²) >= 11 is 6.15. The van der Waals surface area contributed by atoms with Crippen LogP contribution in [0.25, 0.3) is 0 Å². The lowest BCUT2D eigenvalue weighted by Crippen LogP contribution is -2.42. The highest BCUT2D eigenvalue weighted by Gasteiger charge is 2.23. The van der Waals surface area contributed by atoms with Crippen molar-refractivity contribution in [2.45, 2.75) is 33.3 Å². The van der Waals surface area contributed by atoms with Crippen LogP contribution in [0.5, 0.6) is 0 Å². The fraction of sp³-hybridized carbons (Fsp3) is 0.500. The van der Waals surface area contributed by atoms with E-state index in [1.165, 1.54) is 0 Å². The minimum atomic E-state index is -0.915. The Labute approximate surface area is 113 Å². The van der Waals surface area contributed by atoms with Gasteiger partial charge in [0.25, 0.3) is 5.91 Å². The number of likely N-dealkylation sites (N-methyl/N-ethyl adjacent to an activating group) is 1. The predicted molar refractivity (Wildman–Crippen MR) is 74.1 cm³/mol. The monoisotopic (exact) mass is 269 g/mol. The van der Waals surface area contributed by atoms with Gasteiger partial charge in [-0.05, 0) is 39.3 Å². The Morgan fingerprint density at radius 2 is 2.06 bits per heavy atom. The topological polar surface area (TPSA) is 40.5 Å². The maximum absolute atomic E-state index is 12.4. The zero-order chi connectivity index (χ0) is 13.9. The van der Waals surface area contributed by atoms with E-state index in [0.29, 0.717) is 17.1 Å². The molecule has 0 saturated heterocycles. The van der Waals surface area contributed by atoms with Crippen LogP contribution >= 0.6 is 11.6 Å². The number of aliphatic hydroxyl groups is 1. The van der Waals surface area contributed by atoms with E-state index in [-0.39, 0.29) is 12.5 Å². The fourth-order valence-electron chi connectivity index (χ4n) is 1.78. The zero-order valence-electron chi connectivity index (χ0n) is 11.3. The van der Waals surface area contributed by atoms with Gasteiger partial charge in [-0.3, -0.25) is 4.79 Å². The molecule has 4 heteroatoms. The highest BCUT2D eigenvalue weighted by Crippen LogP contribution is 2.22. The summed E-state index contributed by atoms with van der Waals surface area (Å²) in [7, 11) is 0. The molecule has 0 atom stereocenters. The van der Waals surface area contributed by atoms with Crippen LogP contribution in [-0.4, -0.2) is 34.6 Å². The first kappa shape index (κ1) is 15.0. The first-order valence-corrected chi connectivity index (χ1v) is 6.41. The van der Waals surface area contributed by atoms with Gasteiger partial charge in [-0.1, -0.05) is 23.7 Å². The first-order chi connectivity index (χ1) is 8.26. The molecule has 0 aliphatic carbocycles. The van der Waals surface area contributed by atoms with Gasteiger partial charge in [0.2, 0.25) is 0 Å². The van der Waals surface area contributed by atoms with Gasteiger partial charge in [0.05, 0.1) is 16.2 Å².